The maximum atomic E-state index is 12.7. The van der Waals surface area contributed by atoms with Crippen LogP contribution in [0, 0.1) is 0 Å². The van der Waals surface area contributed by atoms with Crippen LogP contribution in [0.3, 0.4) is 0 Å². The van der Waals surface area contributed by atoms with Gasteiger partial charge in [-0.1, -0.05) is 60.7 Å². The zero-order valence-electron chi connectivity index (χ0n) is 18.2. The van der Waals surface area contributed by atoms with Gasteiger partial charge >= 0.3 is 6.09 Å². The van der Waals surface area contributed by atoms with Crippen molar-refractivity contribution in [3.05, 3.63) is 89.5 Å². The summed E-state index contributed by atoms with van der Waals surface area (Å²) in [6.45, 7) is 1.31. The van der Waals surface area contributed by atoms with E-state index in [0.29, 0.717) is 31.5 Å². The van der Waals surface area contributed by atoms with Crippen LogP contribution in [-0.4, -0.2) is 47.7 Å². The zero-order chi connectivity index (χ0) is 22.8. The molecule has 1 aliphatic carbocycles. The molecule has 1 heterocycles. The third-order valence-electron chi connectivity index (χ3n) is 6.58. The third-order valence-corrected chi connectivity index (χ3v) is 6.58. The van der Waals surface area contributed by atoms with Gasteiger partial charge in [-0.15, -0.1) is 0 Å². The van der Waals surface area contributed by atoms with E-state index in [1.807, 2.05) is 24.3 Å². The van der Waals surface area contributed by atoms with Gasteiger partial charge in [0.25, 0.3) is 5.91 Å². The van der Waals surface area contributed by atoms with Crippen molar-refractivity contribution in [1.82, 2.24) is 10.2 Å². The predicted octanol–water partition coefficient (Wildman–Crippen LogP) is 4.54. The number of likely N-dealkylation sites (tertiary alicyclic amines) is 1. The molecule has 2 N–H and O–H groups in total. The number of alkyl carbamates (subject to hydrolysis) is 1. The number of hydrogen-bond acceptors (Lipinski definition) is 4. The van der Waals surface area contributed by atoms with Crippen molar-refractivity contribution in [3.8, 4) is 16.9 Å². The molecule has 1 fully saturated rings. The van der Waals surface area contributed by atoms with Gasteiger partial charge in [-0.3, -0.25) is 4.79 Å². The summed E-state index contributed by atoms with van der Waals surface area (Å²) in [7, 11) is 0. The van der Waals surface area contributed by atoms with Crippen molar-refractivity contribution in [2.24, 2.45) is 0 Å². The summed E-state index contributed by atoms with van der Waals surface area (Å²) >= 11 is 0. The number of benzene rings is 3. The van der Waals surface area contributed by atoms with Gasteiger partial charge in [0, 0.05) is 25.0 Å². The molecular formula is C27H26N2O4. The van der Waals surface area contributed by atoms with E-state index in [1.54, 1.807) is 23.1 Å². The first-order chi connectivity index (χ1) is 16.1. The van der Waals surface area contributed by atoms with Gasteiger partial charge in [-0.2, -0.15) is 0 Å². The van der Waals surface area contributed by atoms with Crippen LogP contribution < -0.4 is 5.32 Å². The Morgan fingerprint density at radius 3 is 2.09 bits per heavy atom. The summed E-state index contributed by atoms with van der Waals surface area (Å²) in [5, 5.41) is 12.9. The lowest BCUT2D eigenvalue weighted by atomic mass is 9.98. The Bertz CT molecular complexity index is 1140. The summed E-state index contributed by atoms with van der Waals surface area (Å²) in [6.07, 6.45) is 0.856. The first kappa shape index (κ1) is 21.1. The number of piperidine rings is 1. The zero-order valence-corrected chi connectivity index (χ0v) is 18.2. The highest BCUT2D eigenvalue weighted by atomic mass is 16.5. The number of nitrogens with one attached hydrogen (secondary N) is 1. The van der Waals surface area contributed by atoms with E-state index >= 15 is 0 Å². The number of phenolic OH excluding ortho intramolecular Hbond substituents is 1. The predicted molar refractivity (Wildman–Crippen MR) is 125 cm³/mol. The molecule has 0 unspecified atom stereocenters. The molecule has 1 aliphatic heterocycles. The standard InChI is InChI=1S/C27H26N2O4/c30-25-12-6-5-11-23(25)26(31)29-15-13-18(14-16-29)28-27(32)33-17-24-21-9-3-1-7-19(21)20-8-2-4-10-22(20)24/h1-12,18,24,30H,13-17H2,(H,28,32). The normalized spacial score (nSPS) is 15.6. The number of carbonyl (C=O) groups excluding carboxylic acids is 2. The quantitative estimate of drug-likeness (QED) is 0.622. The highest BCUT2D eigenvalue weighted by molar-refractivity contribution is 5.96. The molecule has 0 saturated carbocycles. The number of phenols is 1. The van der Waals surface area contributed by atoms with Gasteiger partial charge in [0.05, 0.1) is 5.56 Å². The molecule has 0 atom stereocenters. The number of nitrogens with zero attached hydrogens (tertiary/aromatic N) is 1. The minimum absolute atomic E-state index is 0.0126. The molecule has 2 aliphatic rings. The molecule has 0 aromatic heterocycles. The van der Waals surface area contributed by atoms with Crippen molar-refractivity contribution in [1.29, 1.82) is 0 Å². The molecule has 1 saturated heterocycles. The summed E-state index contributed by atoms with van der Waals surface area (Å²) in [5.74, 6) is -0.171. The first-order valence-electron chi connectivity index (χ1n) is 11.3. The Kier molecular flexibility index (Phi) is 5.73. The van der Waals surface area contributed by atoms with Crippen LogP contribution in [0.15, 0.2) is 72.8 Å². The van der Waals surface area contributed by atoms with Crippen molar-refractivity contribution in [3.63, 3.8) is 0 Å². The Morgan fingerprint density at radius 1 is 0.879 bits per heavy atom. The van der Waals surface area contributed by atoms with Crippen molar-refractivity contribution >= 4 is 12.0 Å². The first-order valence-corrected chi connectivity index (χ1v) is 11.3. The Balaban J connectivity index is 1.15. The number of amides is 2. The van der Waals surface area contributed by atoms with E-state index < -0.39 is 6.09 Å². The molecule has 0 spiro atoms. The van der Waals surface area contributed by atoms with Gasteiger partial charge in [0.15, 0.2) is 0 Å². The SMILES string of the molecule is O=C(NC1CCN(C(=O)c2ccccc2O)CC1)OCC1c2ccccc2-c2ccccc21. The van der Waals surface area contributed by atoms with Crippen LogP contribution in [0.1, 0.15) is 40.2 Å². The number of hydrogen-bond donors (Lipinski definition) is 2. The molecule has 6 nitrogen and oxygen atoms in total. The smallest absolute Gasteiger partial charge is 0.407 e. The number of carbonyl (C=O) groups is 2. The second-order valence-electron chi connectivity index (χ2n) is 8.55. The second-order valence-corrected chi connectivity index (χ2v) is 8.55. The van der Waals surface area contributed by atoms with E-state index in [9.17, 15) is 14.7 Å². The van der Waals surface area contributed by atoms with Crippen molar-refractivity contribution in [2.45, 2.75) is 24.8 Å². The number of para-hydroxylation sites is 1. The van der Waals surface area contributed by atoms with Crippen LogP contribution in [0.4, 0.5) is 4.79 Å². The third kappa shape index (κ3) is 4.16. The van der Waals surface area contributed by atoms with Crippen LogP contribution >= 0.6 is 0 Å². The van der Waals surface area contributed by atoms with Gasteiger partial charge < -0.3 is 20.1 Å². The number of rotatable bonds is 4. The molecule has 3 aromatic rings. The second kappa shape index (κ2) is 8.98. The fraction of sp³-hybridized carbons (Fsp3) is 0.259. The summed E-state index contributed by atoms with van der Waals surface area (Å²) in [5.41, 5.74) is 5.07. The average molecular weight is 443 g/mol. The van der Waals surface area contributed by atoms with Gasteiger partial charge in [-0.25, -0.2) is 4.79 Å². The Labute approximate surface area is 192 Å². The number of aromatic hydroxyl groups is 1. The van der Waals surface area contributed by atoms with Gasteiger partial charge in [-0.05, 0) is 47.2 Å². The largest absolute Gasteiger partial charge is 0.507 e. The topological polar surface area (TPSA) is 78.9 Å². The highest BCUT2D eigenvalue weighted by Crippen LogP contribution is 2.44. The van der Waals surface area contributed by atoms with E-state index in [1.165, 1.54) is 28.3 Å². The molecule has 6 heteroatoms. The maximum Gasteiger partial charge on any atom is 0.407 e. The molecule has 0 bridgehead atoms. The van der Waals surface area contributed by atoms with Crippen LogP contribution in [0.25, 0.3) is 11.1 Å². The number of ether oxygens (including phenoxy) is 1. The summed E-state index contributed by atoms with van der Waals surface area (Å²) in [4.78, 5) is 26.9. The number of fused-ring (bicyclic) bond motifs is 3. The van der Waals surface area contributed by atoms with Gasteiger partial charge in [0.1, 0.15) is 12.4 Å². The van der Waals surface area contributed by atoms with E-state index in [2.05, 4.69) is 29.6 Å². The van der Waals surface area contributed by atoms with Crippen LogP contribution in [0.2, 0.25) is 0 Å². The summed E-state index contributed by atoms with van der Waals surface area (Å²) < 4.78 is 5.64. The van der Waals surface area contributed by atoms with Crippen molar-refractivity contribution < 1.29 is 19.4 Å². The maximum absolute atomic E-state index is 12.7. The molecule has 2 amide bonds. The molecule has 33 heavy (non-hydrogen) atoms. The average Bonchev–Trinajstić information content (AvgIpc) is 3.17. The Morgan fingerprint density at radius 2 is 1.45 bits per heavy atom. The van der Waals surface area contributed by atoms with Crippen molar-refractivity contribution in [2.75, 3.05) is 19.7 Å². The molecular weight excluding hydrogens is 416 g/mol. The minimum Gasteiger partial charge on any atom is -0.507 e. The molecule has 168 valence electrons. The van der Waals surface area contributed by atoms with E-state index in [4.69, 9.17) is 4.74 Å². The summed E-state index contributed by atoms with van der Waals surface area (Å²) in [6, 6.07) is 23.0. The Hall–Kier alpha value is -3.80. The van der Waals surface area contributed by atoms with Crippen LogP contribution in [0.5, 0.6) is 5.75 Å². The van der Waals surface area contributed by atoms with E-state index in [0.717, 1.165) is 0 Å². The lowest BCUT2D eigenvalue weighted by Gasteiger charge is -2.32. The lowest BCUT2D eigenvalue weighted by Crippen LogP contribution is -2.46. The van der Waals surface area contributed by atoms with Gasteiger partial charge in [0.2, 0.25) is 0 Å². The molecule has 5 rings (SSSR count). The minimum atomic E-state index is -0.428. The highest BCUT2D eigenvalue weighted by Gasteiger charge is 2.30. The lowest BCUT2D eigenvalue weighted by molar-refractivity contribution is 0.0698. The van der Waals surface area contributed by atoms with Crippen LogP contribution in [-0.2, 0) is 4.74 Å². The fourth-order valence-corrected chi connectivity index (χ4v) is 4.86. The van der Waals surface area contributed by atoms with E-state index in [-0.39, 0.29) is 30.2 Å². The monoisotopic (exact) mass is 442 g/mol. The molecule has 0 radical (unpaired) electrons. The fourth-order valence-electron chi connectivity index (χ4n) is 4.86. The molecule has 3 aromatic carbocycles.